The molecule has 3 rings (SSSR count). The number of allylic oxidation sites excluding steroid dienone is 1. The van der Waals surface area contributed by atoms with Crippen LogP contribution >= 0.6 is 23.2 Å². The predicted octanol–water partition coefficient (Wildman–Crippen LogP) is 3.79. The van der Waals surface area contributed by atoms with Gasteiger partial charge in [-0.3, -0.25) is 14.6 Å². The molecule has 0 spiro atoms. The molecule has 214 valence electrons. The first-order valence-corrected chi connectivity index (χ1v) is 14.4. The Morgan fingerprint density at radius 2 is 1.92 bits per heavy atom. The molecule has 0 fully saturated rings. The summed E-state index contributed by atoms with van der Waals surface area (Å²) in [5.41, 5.74) is 10.1. The van der Waals surface area contributed by atoms with Crippen molar-refractivity contribution in [1.29, 1.82) is 0 Å². The van der Waals surface area contributed by atoms with Gasteiger partial charge in [-0.2, -0.15) is 0 Å². The minimum atomic E-state index is -0.534. The van der Waals surface area contributed by atoms with Crippen LogP contribution in [-0.2, 0) is 22.6 Å². The molecular weight excluding hydrogens is 539 g/mol. The van der Waals surface area contributed by atoms with Crippen LogP contribution in [0.25, 0.3) is 16.6 Å². The topological polar surface area (TPSA) is 136 Å². The van der Waals surface area contributed by atoms with Gasteiger partial charge < -0.3 is 31.4 Å². The fourth-order valence-electron chi connectivity index (χ4n) is 4.82. The number of H-pyrrole nitrogens is 1. The van der Waals surface area contributed by atoms with Gasteiger partial charge in [-0.15, -0.1) is 0 Å². The summed E-state index contributed by atoms with van der Waals surface area (Å²) in [7, 11) is 1.97. The van der Waals surface area contributed by atoms with Gasteiger partial charge in [0.05, 0.1) is 22.1 Å². The summed E-state index contributed by atoms with van der Waals surface area (Å²) in [5, 5.41) is 16.9. The van der Waals surface area contributed by atoms with Crippen LogP contribution in [0.1, 0.15) is 61.8 Å². The van der Waals surface area contributed by atoms with E-state index < -0.39 is 6.61 Å². The predicted molar refractivity (Wildman–Crippen MR) is 159 cm³/mol. The molecule has 39 heavy (non-hydrogen) atoms. The van der Waals surface area contributed by atoms with E-state index in [9.17, 15) is 14.7 Å². The molecule has 0 unspecified atom stereocenters. The maximum absolute atomic E-state index is 12.1. The minimum absolute atomic E-state index is 0.0552. The van der Waals surface area contributed by atoms with E-state index in [0.29, 0.717) is 65.8 Å². The second-order valence-corrected chi connectivity index (χ2v) is 10.6. The monoisotopic (exact) mass is 578 g/mol. The molecule has 2 amide bonds. The molecule has 1 aromatic carbocycles. The molecule has 1 aliphatic heterocycles. The lowest BCUT2D eigenvalue weighted by Crippen LogP contribution is -2.37. The highest BCUT2D eigenvalue weighted by molar-refractivity contribution is 6.45. The fourth-order valence-corrected chi connectivity index (χ4v) is 5.22. The molecule has 1 aromatic heterocycles. The zero-order chi connectivity index (χ0) is 28.2. The minimum Gasteiger partial charge on any atom is -0.398 e. The van der Waals surface area contributed by atoms with E-state index >= 15 is 0 Å². The number of aromatic amines is 1. The third kappa shape index (κ3) is 8.70. The van der Waals surface area contributed by atoms with E-state index in [4.69, 9.17) is 28.9 Å². The van der Waals surface area contributed by atoms with E-state index in [-0.39, 0.29) is 11.8 Å². The summed E-state index contributed by atoms with van der Waals surface area (Å²) in [6.45, 7) is 2.28. The van der Waals surface area contributed by atoms with Crippen LogP contribution in [-0.4, -0.2) is 72.9 Å². The lowest BCUT2D eigenvalue weighted by molar-refractivity contribution is -0.135. The molecule has 0 bridgehead atoms. The SMILES string of the molecule is CNCCCCCCCCC(=O)NCCN=C/C=C(\N)c1cc(Cl)c(Cl)c2[nH]c3c(c12)CN(C(=O)CO)CC3. The van der Waals surface area contributed by atoms with Gasteiger partial charge in [-0.1, -0.05) is 48.9 Å². The Morgan fingerprint density at radius 1 is 1.18 bits per heavy atom. The van der Waals surface area contributed by atoms with Crippen LogP contribution in [0, 0.1) is 0 Å². The van der Waals surface area contributed by atoms with Crippen molar-refractivity contribution in [2.75, 3.05) is 39.8 Å². The van der Waals surface area contributed by atoms with E-state index in [1.165, 1.54) is 25.7 Å². The average molecular weight is 580 g/mol. The second kappa shape index (κ2) is 15.9. The molecule has 9 nitrogen and oxygen atoms in total. The number of amides is 2. The number of aliphatic hydroxyl groups excluding tert-OH is 1. The van der Waals surface area contributed by atoms with E-state index in [1.54, 1.807) is 23.3 Å². The number of nitrogens with two attached hydrogens (primary N) is 1. The summed E-state index contributed by atoms with van der Waals surface area (Å²) in [4.78, 5) is 33.4. The van der Waals surface area contributed by atoms with Crippen LogP contribution < -0.4 is 16.4 Å². The number of carbonyl (C=O) groups excluding carboxylic acids is 2. The van der Waals surface area contributed by atoms with E-state index in [2.05, 4.69) is 20.6 Å². The first kappa shape index (κ1) is 30.9. The molecule has 1 aliphatic rings. The largest absolute Gasteiger partial charge is 0.398 e. The Hall–Kier alpha value is -2.59. The van der Waals surface area contributed by atoms with Gasteiger partial charge in [-0.25, -0.2) is 0 Å². The molecule has 11 heteroatoms. The number of aliphatic imine (C=N–C) groups is 1. The number of benzene rings is 1. The number of fused-ring (bicyclic) bond motifs is 3. The maximum atomic E-state index is 12.1. The van der Waals surface area contributed by atoms with E-state index in [0.717, 1.165) is 36.0 Å². The number of hydrogen-bond acceptors (Lipinski definition) is 6. The smallest absolute Gasteiger partial charge is 0.248 e. The third-order valence-corrected chi connectivity index (χ3v) is 7.73. The summed E-state index contributed by atoms with van der Waals surface area (Å²) >= 11 is 12.9. The molecular formula is C28H40Cl2N6O3. The Kier molecular flexibility index (Phi) is 12.6. The van der Waals surface area contributed by atoms with Gasteiger partial charge in [0.2, 0.25) is 11.8 Å². The van der Waals surface area contributed by atoms with Gasteiger partial charge in [0.1, 0.15) is 6.61 Å². The highest BCUT2D eigenvalue weighted by Crippen LogP contribution is 2.39. The van der Waals surface area contributed by atoms with Crippen LogP contribution in [0.5, 0.6) is 0 Å². The number of carbonyl (C=O) groups is 2. The number of nitrogens with zero attached hydrogens (tertiary/aromatic N) is 2. The van der Waals surface area contributed by atoms with Crippen molar-refractivity contribution in [3.8, 4) is 0 Å². The molecule has 0 radical (unpaired) electrons. The van der Waals surface area contributed by atoms with Crippen molar-refractivity contribution in [1.82, 2.24) is 20.5 Å². The normalized spacial score (nSPS) is 13.8. The van der Waals surface area contributed by atoms with Gasteiger partial charge in [0, 0.05) is 66.6 Å². The lowest BCUT2D eigenvalue weighted by Gasteiger charge is -2.27. The van der Waals surface area contributed by atoms with E-state index in [1.807, 2.05) is 7.05 Å². The second-order valence-electron chi connectivity index (χ2n) is 9.78. The highest BCUT2D eigenvalue weighted by atomic mass is 35.5. The van der Waals surface area contributed by atoms with Crippen molar-refractivity contribution < 1.29 is 14.7 Å². The third-order valence-electron chi connectivity index (χ3n) is 6.94. The quantitative estimate of drug-likeness (QED) is 0.162. The van der Waals surface area contributed by atoms with Crippen molar-refractivity contribution in [2.45, 2.75) is 57.9 Å². The Balaban J connectivity index is 1.53. The summed E-state index contributed by atoms with van der Waals surface area (Å²) < 4.78 is 0. The first-order valence-electron chi connectivity index (χ1n) is 13.6. The number of aliphatic hydroxyl groups is 1. The number of hydrogen-bond donors (Lipinski definition) is 5. The Bertz CT molecular complexity index is 1190. The lowest BCUT2D eigenvalue weighted by atomic mass is 9.99. The van der Waals surface area contributed by atoms with Crippen molar-refractivity contribution >= 4 is 57.8 Å². The van der Waals surface area contributed by atoms with Crippen molar-refractivity contribution in [3.05, 3.63) is 39.0 Å². The molecule has 2 aromatic rings. The number of nitrogens with one attached hydrogen (secondary N) is 3. The summed E-state index contributed by atoms with van der Waals surface area (Å²) in [5.74, 6) is -0.269. The molecule has 0 saturated heterocycles. The zero-order valence-electron chi connectivity index (χ0n) is 22.6. The van der Waals surface area contributed by atoms with Gasteiger partial charge in [-0.05, 0) is 38.6 Å². The number of halogens is 2. The van der Waals surface area contributed by atoms with Crippen LogP contribution in [0.3, 0.4) is 0 Å². The summed E-state index contributed by atoms with van der Waals surface area (Å²) in [6.07, 6.45) is 11.3. The molecule has 0 saturated carbocycles. The van der Waals surface area contributed by atoms with Gasteiger partial charge in [0.15, 0.2) is 0 Å². The molecule has 6 N–H and O–H groups in total. The molecule has 2 heterocycles. The number of rotatable bonds is 15. The average Bonchev–Trinajstić information content (AvgIpc) is 3.32. The fraction of sp³-hybridized carbons (Fsp3) is 0.536. The maximum Gasteiger partial charge on any atom is 0.248 e. The first-order chi connectivity index (χ1) is 18.9. The van der Waals surface area contributed by atoms with Crippen LogP contribution in [0.2, 0.25) is 10.0 Å². The number of aromatic nitrogens is 1. The van der Waals surface area contributed by atoms with Crippen molar-refractivity contribution in [3.63, 3.8) is 0 Å². The Labute approximate surface area is 240 Å². The molecule has 0 atom stereocenters. The molecule has 0 aliphatic carbocycles. The summed E-state index contributed by atoms with van der Waals surface area (Å²) in [6, 6.07) is 1.72. The van der Waals surface area contributed by atoms with Crippen LogP contribution in [0.4, 0.5) is 0 Å². The van der Waals surface area contributed by atoms with Gasteiger partial charge >= 0.3 is 0 Å². The van der Waals surface area contributed by atoms with Gasteiger partial charge in [0.25, 0.3) is 0 Å². The zero-order valence-corrected chi connectivity index (χ0v) is 24.1. The number of unbranched alkanes of at least 4 members (excludes halogenated alkanes) is 5. The van der Waals surface area contributed by atoms with Crippen LogP contribution in [0.15, 0.2) is 17.1 Å². The van der Waals surface area contributed by atoms with Crippen molar-refractivity contribution in [2.24, 2.45) is 10.7 Å². The Morgan fingerprint density at radius 3 is 2.67 bits per heavy atom. The standard InChI is InChI=1S/C28H40Cl2N6O3/c1-32-11-7-5-3-2-4-6-8-24(38)34-14-13-33-12-9-22(31)19-16-21(29)27(30)28-26(19)20-17-36(25(39)18-37)15-10-23(20)35-28/h9,12,16,32,35,37H,2-8,10-11,13-15,17-18,31H2,1H3,(H,34,38)/b22-9-,33-12?. The highest BCUT2D eigenvalue weighted by Gasteiger charge is 2.27.